The predicted octanol–water partition coefficient (Wildman–Crippen LogP) is 7.01. The number of fused-ring (bicyclic) bond motifs is 1. The third kappa shape index (κ3) is 4.11. The van der Waals surface area contributed by atoms with E-state index in [1.165, 1.54) is 12.1 Å². The van der Waals surface area contributed by atoms with Crippen molar-refractivity contribution in [3.8, 4) is 23.0 Å². The molecule has 0 radical (unpaired) electrons. The third-order valence-corrected chi connectivity index (χ3v) is 6.31. The highest BCUT2D eigenvalue weighted by molar-refractivity contribution is 9.13. The average molecular weight is 534 g/mol. The number of halogens is 3. The smallest absolute Gasteiger partial charge is 0.227 e. The quantitative estimate of drug-likeness (QED) is 0.280. The normalized spacial score (nSPS) is 11.5. The summed E-state index contributed by atoms with van der Waals surface area (Å²) in [6.45, 7) is 2.27. The van der Waals surface area contributed by atoms with Crippen LogP contribution >= 0.6 is 31.9 Å². The fraction of sp³-hybridized carbons (Fsp3) is 0.0909. The first-order valence-electron chi connectivity index (χ1n) is 9.00. The van der Waals surface area contributed by atoms with E-state index in [0.29, 0.717) is 50.6 Å². The summed E-state index contributed by atoms with van der Waals surface area (Å²) in [4.78, 5) is 8.93. The summed E-state index contributed by atoms with van der Waals surface area (Å²) in [6, 6.07) is 13.0. The van der Waals surface area contributed by atoms with E-state index < -0.39 is 0 Å². The number of benzene rings is 3. The first kappa shape index (κ1) is 20.6. The third-order valence-electron chi connectivity index (χ3n) is 4.30. The molecule has 0 saturated heterocycles. The summed E-state index contributed by atoms with van der Waals surface area (Å²) in [7, 11) is 0. The minimum Gasteiger partial charge on any atom is -0.504 e. The fourth-order valence-corrected chi connectivity index (χ4v) is 3.67. The van der Waals surface area contributed by atoms with Gasteiger partial charge >= 0.3 is 0 Å². The van der Waals surface area contributed by atoms with Crippen LogP contribution in [-0.4, -0.2) is 22.9 Å². The van der Waals surface area contributed by atoms with Crippen LogP contribution in [0, 0.1) is 5.82 Å². The van der Waals surface area contributed by atoms with Crippen molar-refractivity contribution in [3.63, 3.8) is 0 Å². The summed E-state index contributed by atoms with van der Waals surface area (Å²) in [5.74, 6) is 0.447. The molecule has 152 valence electrons. The monoisotopic (exact) mass is 532 g/mol. The molecule has 0 aliphatic carbocycles. The highest BCUT2D eigenvalue weighted by atomic mass is 79.9. The number of hydrogen-bond acceptors (Lipinski definition) is 5. The molecule has 3 aromatic carbocycles. The molecule has 4 rings (SSSR count). The number of ether oxygens (including phenoxy) is 1. The number of aromatic nitrogens is 1. The zero-order chi connectivity index (χ0) is 21.3. The zero-order valence-corrected chi connectivity index (χ0v) is 18.9. The van der Waals surface area contributed by atoms with Crippen LogP contribution in [0.1, 0.15) is 12.5 Å². The van der Waals surface area contributed by atoms with Gasteiger partial charge in [0.2, 0.25) is 5.89 Å². The van der Waals surface area contributed by atoms with Gasteiger partial charge in [0, 0.05) is 20.7 Å². The van der Waals surface area contributed by atoms with Crippen molar-refractivity contribution >= 4 is 54.9 Å². The van der Waals surface area contributed by atoms with E-state index in [2.05, 4.69) is 41.8 Å². The number of phenolic OH excluding ortho intramolecular Hbond substituents is 1. The summed E-state index contributed by atoms with van der Waals surface area (Å²) in [5.41, 5.74) is 3.02. The molecule has 0 fully saturated rings. The van der Waals surface area contributed by atoms with Gasteiger partial charge in [0.05, 0.1) is 17.9 Å². The van der Waals surface area contributed by atoms with Gasteiger partial charge in [-0.05, 0) is 87.3 Å². The number of nitrogens with zero attached hydrogens (tertiary/aromatic N) is 2. The molecule has 30 heavy (non-hydrogen) atoms. The summed E-state index contributed by atoms with van der Waals surface area (Å²) < 4.78 is 25.8. The number of aromatic hydroxyl groups is 1. The van der Waals surface area contributed by atoms with Crippen LogP contribution in [0.15, 0.2) is 66.9 Å². The molecular formula is C22H15Br2FN2O3. The Kier molecular flexibility index (Phi) is 5.87. The molecule has 0 atom stereocenters. The first-order chi connectivity index (χ1) is 14.5. The van der Waals surface area contributed by atoms with Crippen LogP contribution in [-0.2, 0) is 0 Å². The van der Waals surface area contributed by atoms with Crippen LogP contribution in [0.5, 0.6) is 11.5 Å². The fourth-order valence-electron chi connectivity index (χ4n) is 2.85. The van der Waals surface area contributed by atoms with Crippen molar-refractivity contribution < 1.29 is 18.7 Å². The highest BCUT2D eigenvalue weighted by Crippen LogP contribution is 2.40. The Morgan fingerprint density at radius 1 is 1.17 bits per heavy atom. The maximum absolute atomic E-state index is 13.1. The SMILES string of the molecule is CCOc1cc(Br)c(Br)c(C=Nc2ccc3oc(-c4ccc(F)cc4)nc3c2)c1O. The molecule has 0 amide bonds. The largest absolute Gasteiger partial charge is 0.504 e. The van der Waals surface area contributed by atoms with E-state index in [1.54, 1.807) is 42.6 Å². The van der Waals surface area contributed by atoms with E-state index in [9.17, 15) is 9.50 Å². The van der Waals surface area contributed by atoms with Crippen molar-refractivity contribution in [3.05, 3.63) is 68.9 Å². The second kappa shape index (κ2) is 8.57. The van der Waals surface area contributed by atoms with Gasteiger partial charge in [-0.1, -0.05) is 0 Å². The van der Waals surface area contributed by atoms with E-state index in [0.717, 1.165) is 4.47 Å². The van der Waals surface area contributed by atoms with Gasteiger partial charge in [0.1, 0.15) is 11.3 Å². The van der Waals surface area contributed by atoms with Gasteiger partial charge in [-0.15, -0.1) is 0 Å². The second-order valence-electron chi connectivity index (χ2n) is 6.30. The Morgan fingerprint density at radius 3 is 2.67 bits per heavy atom. The highest BCUT2D eigenvalue weighted by Gasteiger charge is 2.15. The lowest BCUT2D eigenvalue weighted by atomic mass is 10.2. The Morgan fingerprint density at radius 2 is 1.93 bits per heavy atom. The van der Waals surface area contributed by atoms with E-state index in [4.69, 9.17) is 9.15 Å². The van der Waals surface area contributed by atoms with Crippen LogP contribution in [0.4, 0.5) is 10.1 Å². The molecule has 0 aliphatic rings. The Labute approximate surface area is 188 Å². The standard InChI is InChI=1S/C22H15Br2FN2O3/c1-2-29-19-10-16(23)20(24)15(21(19)28)11-26-14-7-8-18-17(9-14)27-22(30-18)12-3-5-13(25)6-4-12/h3-11,28H,2H2,1H3. The Balaban J connectivity index is 1.68. The minimum atomic E-state index is -0.319. The van der Waals surface area contributed by atoms with Crippen molar-refractivity contribution in [2.75, 3.05) is 6.61 Å². The van der Waals surface area contributed by atoms with Crippen LogP contribution < -0.4 is 4.74 Å². The molecule has 5 nitrogen and oxygen atoms in total. The number of aliphatic imine (C=N–C) groups is 1. The predicted molar refractivity (Wildman–Crippen MR) is 121 cm³/mol. The van der Waals surface area contributed by atoms with E-state index >= 15 is 0 Å². The molecule has 4 aromatic rings. The lowest BCUT2D eigenvalue weighted by Gasteiger charge is -2.11. The Bertz CT molecular complexity index is 1250. The second-order valence-corrected chi connectivity index (χ2v) is 7.95. The van der Waals surface area contributed by atoms with Gasteiger partial charge in [0.25, 0.3) is 0 Å². The summed E-state index contributed by atoms with van der Waals surface area (Å²) >= 11 is 6.90. The molecule has 8 heteroatoms. The maximum atomic E-state index is 13.1. The van der Waals surface area contributed by atoms with Crippen molar-refractivity contribution in [2.24, 2.45) is 4.99 Å². The van der Waals surface area contributed by atoms with E-state index in [1.807, 2.05) is 6.92 Å². The van der Waals surface area contributed by atoms with Crippen LogP contribution in [0.2, 0.25) is 0 Å². The lowest BCUT2D eigenvalue weighted by Crippen LogP contribution is -1.95. The number of phenols is 1. The molecule has 0 aliphatic heterocycles. The van der Waals surface area contributed by atoms with Crippen LogP contribution in [0.3, 0.4) is 0 Å². The first-order valence-corrected chi connectivity index (χ1v) is 10.6. The van der Waals surface area contributed by atoms with E-state index in [-0.39, 0.29) is 11.6 Å². The van der Waals surface area contributed by atoms with Crippen molar-refractivity contribution in [1.82, 2.24) is 4.98 Å². The molecule has 1 N–H and O–H groups in total. The Hall–Kier alpha value is -2.71. The summed E-state index contributed by atoms with van der Waals surface area (Å²) in [5, 5.41) is 10.5. The van der Waals surface area contributed by atoms with Crippen LogP contribution in [0.25, 0.3) is 22.6 Å². The van der Waals surface area contributed by atoms with Gasteiger partial charge in [-0.25, -0.2) is 9.37 Å². The molecule has 0 bridgehead atoms. The maximum Gasteiger partial charge on any atom is 0.227 e. The minimum absolute atomic E-state index is 0.00298. The average Bonchev–Trinajstić information content (AvgIpc) is 3.16. The van der Waals surface area contributed by atoms with Gasteiger partial charge in [-0.2, -0.15) is 0 Å². The molecule has 0 spiro atoms. The lowest BCUT2D eigenvalue weighted by molar-refractivity contribution is 0.317. The van der Waals surface area contributed by atoms with Gasteiger partial charge in [-0.3, -0.25) is 4.99 Å². The number of hydrogen-bond donors (Lipinski definition) is 1. The van der Waals surface area contributed by atoms with Crippen molar-refractivity contribution in [1.29, 1.82) is 0 Å². The number of rotatable bonds is 5. The molecular weight excluding hydrogens is 519 g/mol. The molecule has 1 heterocycles. The molecule has 0 saturated carbocycles. The molecule has 0 unspecified atom stereocenters. The molecule has 1 aromatic heterocycles. The topological polar surface area (TPSA) is 67.9 Å². The summed E-state index contributed by atoms with van der Waals surface area (Å²) in [6.07, 6.45) is 1.55. The van der Waals surface area contributed by atoms with Gasteiger partial charge in [0.15, 0.2) is 17.1 Å². The van der Waals surface area contributed by atoms with Crippen molar-refractivity contribution in [2.45, 2.75) is 6.92 Å². The van der Waals surface area contributed by atoms with Gasteiger partial charge < -0.3 is 14.3 Å². The number of oxazole rings is 1. The zero-order valence-electron chi connectivity index (χ0n) is 15.7.